The Bertz CT molecular complexity index is 495. The van der Waals surface area contributed by atoms with Crippen LogP contribution in [0.2, 0.25) is 0 Å². The van der Waals surface area contributed by atoms with E-state index in [9.17, 15) is 0 Å². The van der Waals surface area contributed by atoms with Gasteiger partial charge in [0.2, 0.25) is 0 Å². The van der Waals surface area contributed by atoms with Gasteiger partial charge in [0.25, 0.3) is 0 Å². The van der Waals surface area contributed by atoms with Crippen molar-refractivity contribution < 1.29 is 0 Å². The summed E-state index contributed by atoms with van der Waals surface area (Å²) in [5, 5.41) is 0. The van der Waals surface area contributed by atoms with Gasteiger partial charge in [-0.2, -0.15) is 0 Å². The number of benzene rings is 2. The van der Waals surface area contributed by atoms with Gasteiger partial charge in [-0.1, -0.05) is 67.6 Å². The Morgan fingerprint density at radius 2 is 1.50 bits per heavy atom. The smallest absolute Gasteiger partial charge is 0.0284 e. The average Bonchev–Trinajstić information content (AvgIpc) is 2.49. The fourth-order valence-corrected chi connectivity index (χ4v) is 2.73. The lowest BCUT2D eigenvalue weighted by Crippen LogP contribution is -2.41. The van der Waals surface area contributed by atoms with Crippen LogP contribution in [-0.2, 0) is 6.54 Å². The molecule has 0 spiro atoms. The molecule has 2 nitrogen and oxygen atoms in total. The van der Waals surface area contributed by atoms with Crippen molar-refractivity contribution in [2.45, 2.75) is 25.4 Å². The first-order chi connectivity index (χ1) is 9.72. The minimum Gasteiger partial charge on any atom is -0.329 e. The maximum atomic E-state index is 6.02. The number of likely N-dealkylation sites (N-methyl/N-ethyl adjacent to an activating group) is 1. The number of nitrogens with two attached hydrogens (primary N) is 1. The van der Waals surface area contributed by atoms with Gasteiger partial charge in [-0.05, 0) is 24.1 Å². The molecule has 0 heterocycles. The largest absolute Gasteiger partial charge is 0.329 e. The lowest BCUT2D eigenvalue weighted by molar-refractivity contribution is 0.213. The van der Waals surface area contributed by atoms with Gasteiger partial charge in [-0.3, -0.25) is 4.90 Å². The van der Waals surface area contributed by atoms with E-state index in [1.165, 1.54) is 11.1 Å². The summed E-state index contributed by atoms with van der Waals surface area (Å²) < 4.78 is 0. The van der Waals surface area contributed by atoms with E-state index in [0.29, 0.717) is 18.5 Å². The monoisotopic (exact) mass is 268 g/mol. The topological polar surface area (TPSA) is 29.3 Å². The number of hydrogen-bond acceptors (Lipinski definition) is 2. The van der Waals surface area contributed by atoms with Crippen LogP contribution < -0.4 is 5.73 Å². The minimum absolute atomic E-state index is 0.345. The van der Waals surface area contributed by atoms with Crippen LogP contribution in [0.4, 0.5) is 0 Å². The molecule has 2 rings (SSSR count). The average molecular weight is 268 g/mol. The standard InChI is InChI=1S/C18H24N2/c1-15(17-11-7-4-8-12-17)18(13-19)20(2)14-16-9-5-3-6-10-16/h3-12,15,18H,13-14,19H2,1-2H3. The van der Waals surface area contributed by atoms with E-state index < -0.39 is 0 Å². The maximum absolute atomic E-state index is 6.02. The number of nitrogens with zero attached hydrogens (tertiary/aromatic N) is 1. The molecule has 0 aliphatic heterocycles. The molecule has 0 aliphatic rings. The van der Waals surface area contributed by atoms with Gasteiger partial charge in [0.1, 0.15) is 0 Å². The molecule has 0 saturated carbocycles. The maximum Gasteiger partial charge on any atom is 0.0284 e. The Kier molecular flexibility index (Phi) is 5.33. The van der Waals surface area contributed by atoms with E-state index in [1.54, 1.807) is 0 Å². The lowest BCUT2D eigenvalue weighted by Gasteiger charge is -2.32. The van der Waals surface area contributed by atoms with E-state index in [0.717, 1.165) is 6.54 Å². The van der Waals surface area contributed by atoms with Crippen LogP contribution in [0.15, 0.2) is 60.7 Å². The Balaban J connectivity index is 2.07. The molecule has 2 atom stereocenters. The van der Waals surface area contributed by atoms with Gasteiger partial charge in [0.15, 0.2) is 0 Å². The predicted molar refractivity (Wildman–Crippen MR) is 85.6 cm³/mol. The first-order valence-corrected chi connectivity index (χ1v) is 7.21. The summed E-state index contributed by atoms with van der Waals surface area (Å²) in [5.41, 5.74) is 8.70. The summed E-state index contributed by atoms with van der Waals surface area (Å²) in [5.74, 6) is 0.426. The van der Waals surface area contributed by atoms with Gasteiger partial charge < -0.3 is 5.73 Å². The molecule has 2 N–H and O–H groups in total. The highest BCUT2D eigenvalue weighted by Crippen LogP contribution is 2.22. The fraction of sp³-hybridized carbons (Fsp3) is 0.333. The second-order valence-corrected chi connectivity index (χ2v) is 5.40. The molecule has 20 heavy (non-hydrogen) atoms. The number of rotatable bonds is 6. The third kappa shape index (κ3) is 3.69. The van der Waals surface area contributed by atoms with Crippen molar-refractivity contribution in [2.75, 3.05) is 13.6 Å². The van der Waals surface area contributed by atoms with Crippen molar-refractivity contribution in [3.63, 3.8) is 0 Å². The summed E-state index contributed by atoms with van der Waals surface area (Å²) in [6, 6.07) is 21.5. The van der Waals surface area contributed by atoms with Gasteiger partial charge >= 0.3 is 0 Å². The summed E-state index contributed by atoms with van der Waals surface area (Å²) >= 11 is 0. The van der Waals surface area contributed by atoms with Gasteiger partial charge in [0, 0.05) is 19.1 Å². The number of hydrogen-bond donors (Lipinski definition) is 1. The molecule has 0 aliphatic carbocycles. The molecule has 2 heteroatoms. The lowest BCUT2D eigenvalue weighted by atomic mass is 9.92. The zero-order valence-corrected chi connectivity index (χ0v) is 12.4. The van der Waals surface area contributed by atoms with Crippen LogP contribution >= 0.6 is 0 Å². The van der Waals surface area contributed by atoms with Gasteiger partial charge in [-0.25, -0.2) is 0 Å². The van der Waals surface area contributed by atoms with Crippen LogP contribution in [0.3, 0.4) is 0 Å². The highest BCUT2D eigenvalue weighted by Gasteiger charge is 2.21. The van der Waals surface area contributed by atoms with Crippen molar-refractivity contribution >= 4 is 0 Å². The van der Waals surface area contributed by atoms with Crippen LogP contribution in [0.5, 0.6) is 0 Å². The molecule has 0 bridgehead atoms. The van der Waals surface area contributed by atoms with Gasteiger partial charge in [0.05, 0.1) is 0 Å². The van der Waals surface area contributed by atoms with Crippen molar-refractivity contribution in [1.82, 2.24) is 4.90 Å². The Morgan fingerprint density at radius 3 is 2.05 bits per heavy atom. The third-order valence-corrected chi connectivity index (χ3v) is 3.98. The summed E-state index contributed by atoms with van der Waals surface area (Å²) in [6.07, 6.45) is 0. The summed E-state index contributed by atoms with van der Waals surface area (Å²) in [6.45, 7) is 3.85. The molecular weight excluding hydrogens is 244 g/mol. The molecule has 2 unspecified atom stereocenters. The quantitative estimate of drug-likeness (QED) is 0.871. The van der Waals surface area contributed by atoms with Crippen LogP contribution in [0.25, 0.3) is 0 Å². The summed E-state index contributed by atoms with van der Waals surface area (Å²) in [4.78, 5) is 2.35. The van der Waals surface area contributed by atoms with Crippen LogP contribution in [0, 0.1) is 0 Å². The minimum atomic E-state index is 0.345. The molecule has 0 fully saturated rings. The first-order valence-electron chi connectivity index (χ1n) is 7.21. The predicted octanol–water partition coefficient (Wildman–Crippen LogP) is 3.25. The fourth-order valence-electron chi connectivity index (χ4n) is 2.73. The van der Waals surface area contributed by atoms with Crippen molar-refractivity contribution in [1.29, 1.82) is 0 Å². The van der Waals surface area contributed by atoms with Crippen LogP contribution in [-0.4, -0.2) is 24.5 Å². The van der Waals surface area contributed by atoms with Crippen molar-refractivity contribution in [3.8, 4) is 0 Å². The van der Waals surface area contributed by atoms with E-state index in [2.05, 4.69) is 79.5 Å². The second kappa shape index (κ2) is 7.22. The molecule has 2 aromatic carbocycles. The van der Waals surface area contributed by atoms with Crippen molar-refractivity contribution in [2.24, 2.45) is 5.73 Å². The molecule has 2 aromatic rings. The highest BCUT2D eigenvalue weighted by atomic mass is 15.1. The Labute approximate surface area is 122 Å². The van der Waals surface area contributed by atoms with E-state index in [4.69, 9.17) is 5.73 Å². The molecule has 106 valence electrons. The zero-order chi connectivity index (χ0) is 14.4. The molecule has 0 radical (unpaired) electrons. The Hall–Kier alpha value is -1.64. The summed E-state index contributed by atoms with van der Waals surface area (Å²) in [7, 11) is 2.16. The van der Waals surface area contributed by atoms with E-state index >= 15 is 0 Å². The second-order valence-electron chi connectivity index (χ2n) is 5.40. The van der Waals surface area contributed by atoms with Gasteiger partial charge in [-0.15, -0.1) is 0 Å². The normalized spacial score (nSPS) is 14.2. The zero-order valence-electron chi connectivity index (χ0n) is 12.4. The third-order valence-electron chi connectivity index (χ3n) is 3.98. The van der Waals surface area contributed by atoms with Crippen LogP contribution in [0.1, 0.15) is 24.0 Å². The first kappa shape index (κ1) is 14.8. The van der Waals surface area contributed by atoms with E-state index in [1.807, 2.05) is 0 Å². The molecule has 0 aromatic heterocycles. The highest BCUT2D eigenvalue weighted by molar-refractivity contribution is 5.21. The Morgan fingerprint density at radius 1 is 0.950 bits per heavy atom. The SMILES string of the molecule is CC(c1ccccc1)C(CN)N(C)Cc1ccccc1. The molecule has 0 amide bonds. The van der Waals surface area contributed by atoms with Crippen molar-refractivity contribution in [3.05, 3.63) is 71.8 Å². The molecule has 0 saturated heterocycles. The van der Waals surface area contributed by atoms with E-state index in [-0.39, 0.29) is 0 Å². The molecular formula is C18H24N2.